The highest BCUT2D eigenvalue weighted by Crippen LogP contribution is 2.30. The summed E-state index contributed by atoms with van der Waals surface area (Å²) in [5.74, 6) is 2.50. The maximum atomic E-state index is 5.41. The lowest BCUT2D eigenvalue weighted by atomic mass is 10.2. The van der Waals surface area contributed by atoms with Crippen LogP contribution in [0.5, 0.6) is 11.5 Å². The lowest BCUT2D eigenvalue weighted by Gasteiger charge is -2.21. The van der Waals surface area contributed by atoms with Gasteiger partial charge in [-0.3, -0.25) is 9.67 Å². The van der Waals surface area contributed by atoms with E-state index in [0.717, 1.165) is 68.7 Å². The van der Waals surface area contributed by atoms with Crippen molar-refractivity contribution in [1.82, 2.24) is 20.4 Å². The van der Waals surface area contributed by atoms with Gasteiger partial charge >= 0.3 is 0 Å². The van der Waals surface area contributed by atoms with Crippen molar-refractivity contribution >= 4 is 11.6 Å². The van der Waals surface area contributed by atoms with E-state index in [1.54, 1.807) is 14.2 Å². The third-order valence-corrected chi connectivity index (χ3v) is 5.15. The number of rotatable bonds is 9. The van der Waals surface area contributed by atoms with E-state index in [1.165, 1.54) is 5.56 Å². The van der Waals surface area contributed by atoms with Crippen LogP contribution < -0.4 is 25.0 Å². The molecule has 1 atom stereocenters. The molecule has 1 aromatic carbocycles. The second-order valence-electron chi connectivity index (χ2n) is 7.54. The molecular weight excluding hydrogens is 380 g/mol. The summed E-state index contributed by atoms with van der Waals surface area (Å²) in [6.45, 7) is 8.52. The average molecular weight is 415 g/mol. The quantitative estimate of drug-likeness (QED) is 0.373. The highest BCUT2D eigenvalue weighted by molar-refractivity contribution is 5.80. The van der Waals surface area contributed by atoms with Crippen LogP contribution in [0.4, 0.5) is 5.69 Å². The summed E-state index contributed by atoms with van der Waals surface area (Å²) < 4.78 is 12.8. The maximum absolute atomic E-state index is 5.41. The topological polar surface area (TPSA) is 75.9 Å². The predicted octanol–water partition coefficient (Wildman–Crippen LogP) is 2.43. The molecule has 164 valence electrons. The summed E-state index contributed by atoms with van der Waals surface area (Å²) in [7, 11) is 3.36. The lowest BCUT2D eigenvalue weighted by molar-refractivity contribution is 0.394. The molecule has 0 saturated carbocycles. The van der Waals surface area contributed by atoms with Gasteiger partial charge in [0.1, 0.15) is 11.5 Å². The van der Waals surface area contributed by atoms with Crippen molar-refractivity contribution in [2.75, 3.05) is 45.3 Å². The fourth-order valence-corrected chi connectivity index (χ4v) is 3.61. The Labute approximate surface area is 179 Å². The normalized spacial score (nSPS) is 16.6. The van der Waals surface area contributed by atoms with Gasteiger partial charge in [-0.15, -0.1) is 0 Å². The first-order valence-electron chi connectivity index (χ1n) is 10.6. The highest BCUT2D eigenvalue weighted by atomic mass is 16.5. The zero-order valence-electron chi connectivity index (χ0n) is 18.5. The van der Waals surface area contributed by atoms with Gasteiger partial charge in [-0.25, -0.2) is 0 Å². The number of benzene rings is 1. The van der Waals surface area contributed by atoms with Gasteiger partial charge in [0, 0.05) is 68.8 Å². The number of guanidine groups is 1. The van der Waals surface area contributed by atoms with Crippen LogP contribution in [-0.4, -0.2) is 62.2 Å². The minimum Gasteiger partial charge on any atom is -0.497 e. The molecular formula is C22H34N6O2. The highest BCUT2D eigenvalue weighted by Gasteiger charge is 2.24. The Bertz CT molecular complexity index is 813. The summed E-state index contributed by atoms with van der Waals surface area (Å²) in [5.41, 5.74) is 2.31. The number of hydrogen-bond donors (Lipinski definition) is 2. The van der Waals surface area contributed by atoms with Gasteiger partial charge in [0.2, 0.25) is 0 Å². The van der Waals surface area contributed by atoms with E-state index in [-0.39, 0.29) is 0 Å². The summed E-state index contributed by atoms with van der Waals surface area (Å²) in [5, 5.41) is 11.3. The number of ether oxygens (including phenoxy) is 2. The first-order chi connectivity index (χ1) is 14.6. The Kier molecular flexibility index (Phi) is 7.82. The van der Waals surface area contributed by atoms with E-state index in [0.29, 0.717) is 6.04 Å². The second-order valence-corrected chi connectivity index (χ2v) is 7.54. The van der Waals surface area contributed by atoms with Gasteiger partial charge in [0.25, 0.3) is 0 Å². The van der Waals surface area contributed by atoms with Crippen molar-refractivity contribution in [2.45, 2.75) is 39.3 Å². The van der Waals surface area contributed by atoms with Crippen LogP contribution in [0.15, 0.2) is 35.6 Å². The summed E-state index contributed by atoms with van der Waals surface area (Å²) in [6, 6.07) is 6.35. The van der Waals surface area contributed by atoms with Gasteiger partial charge < -0.3 is 25.0 Å². The van der Waals surface area contributed by atoms with Crippen molar-refractivity contribution in [3.05, 3.63) is 36.2 Å². The molecule has 2 heterocycles. The van der Waals surface area contributed by atoms with Crippen molar-refractivity contribution in [3.63, 3.8) is 0 Å². The summed E-state index contributed by atoms with van der Waals surface area (Å²) in [6.07, 6.45) is 5.96. The molecule has 2 aromatic rings. The van der Waals surface area contributed by atoms with E-state index < -0.39 is 0 Å². The molecule has 0 aliphatic carbocycles. The fraction of sp³-hybridized carbons (Fsp3) is 0.545. The smallest absolute Gasteiger partial charge is 0.191 e. The number of methoxy groups -OCH3 is 2. The molecule has 0 amide bonds. The predicted molar refractivity (Wildman–Crippen MR) is 121 cm³/mol. The Hall–Kier alpha value is -2.90. The van der Waals surface area contributed by atoms with Crippen LogP contribution in [0.25, 0.3) is 0 Å². The zero-order valence-corrected chi connectivity index (χ0v) is 18.5. The van der Waals surface area contributed by atoms with Crippen LogP contribution in [-0.2, 0) is 6.54 Å². The molecule has 3 rings (SSSR count). The summed E-state index contributed by atoms with van der Waals surface area (Å²) in [4.78, 5) is 7.10. The molecule has 1 saturated heterocycles. The van der Waals surface area contributed by atoms with Crippen molar-refractivity contribution in [1.29, 1.82) is 0 Å². The lowest BCUT2D eigenvalue weighted by Crippen LogP contribution is -2.44. The Morgan fingerprint density at radius 3 is 2.63 bits per heavy atom. The molecule has 1 aliphatic heterocycles. The van der Waals surface area contributed by atoms with Crippen molar-refractivity contribution < 1.29 is 9.47 Å². The molecule has 1 unspecified atom stereocenters. The van der Waals surface area contributed by atoms with E-state index in [9.17, 15) is 0 Å². The van der Waals surface area contributed by atoms with Crippen molar-refractivity contribution in [2.24, 2.45) is 4.99 Å². The van der Waals surface area contributed by atoms with E-state index in [4.69, 9.17) is 14.5 Å². The molecule has 2 N–H and O–H groups in total. The minimum absolute atomic E-state index is 0.341. The van der Waals surface area contributed by atoms with Crippen molar-refractivity contribution in [3.8, 4) is 11.5 Å². The third-order valence-electron chi connectivity index (χ3n) is 5.15. The first-order valence-corrected chi connectivity index (χ1v) is 10.6. The Morgan fingerprint density at radius 1 is 1.23 bits per heavy atom. The standard InChI is InChI=1S/C22H34N6O2/c1-5-23-22(24-8-6-9-28-15-17(2)14-25-28)26-18-7-10-27(16-18)19-11-20(29-3)13-21(12-19)30-4/h11-15,18H,5-10,16H2,1-4H3,(H2,23,24,26). The maximum Gasteiger partial charge on any atom is 0.191 e. The molecule has 0 radical (unpaired) electrons. The third kappa shape index (κ3) is 6.05. The molecule has 1 aliphatic rings. The molecule has 1 fully saturated rings. The zero-order chi connectivity index (χ0) is 21.3. The van der Waals surface area contributed by atoms with Gasteiger partial charge in [0.05, 0.1) is 20.4 Å². The van der Waals surface area contributed by atoms with Gasteiger partial charge in [-0.1, -0.05) is 0 Å². The average Bonchev–Trinajstić information content (AvgIpc) is 3.39. The van der Waals surface area contributed by atoms with Crippen LogP contribution in [0.1, 0.15) is 25.3 Å². The Morgan fingerprint density at radius 2 is 2.00 bits per heavy atom. The van der Waals surface area contributed by atoms with E-state index in [2.05, 4.69) is 52.8 Å². The number of hydrogen-bond acceptors (Lipinski definition) is 5. The molecule has 30 heavy (non-hydrogen) atoms. The molecule has 0 bridgehead atoms. The molecule has 8 heteroatoms. The SMILES string of the molecule is CCNC(=NCCCn1cc(C)cn1)NC1CCN(c2cc(OC)cc(OC)c2)C1. The number of nitrogens with one attached hydrogen (secondary N) is 2. The number of aryl methyl sites for hydroxylation is 2. The minimum atomic E-state index is 0.341. The van der Waals surface area contributed by atoms with Crippen LogP contribution in [0.3, 0.4) is 0 Å². The number of aliphatic imine (C=N–C) groups is 1. The van der Waals surface area contributed by atoms with Crippen LogP contribution >= 0.6 is 0 Å². The number of anilines is 1. The number of nitrogens with zero attached hydrogens (tertiary/aromatic N) is 4. The van der Waals surface area contributed by atoms with Gasteiger partial charge in [-0.05, 0) is 32.3 Å². The largest absolute Gasteiger partial charge is 0.497 e. The van der Waals surface area contributed by atoms with Gasteiger partial charge in [-0.2, -0.15) is 5.10 Å². The van der Waals surface area contributed by atoms with Crippen LogP contribution in [0.2, 0.25) is 0 Å². The van der Waals surface area contributed by atoms with Gasteiger partial charge in [0.15, 0.2) is 5.96 Å². The van der Waals surface area contributed by atoms with E-state index in [1.807, 2.05) is 16.9 Å². The first kappa shape index (κ1) is 21.8. The Balaban J connectivity index is 1.53. The van der Waals surface area contributed by atoms with E-state index >= 15 is 0 Å². The molecule has 0 spiro atoms. The molecule has 8 nitrogen and oxygen atoms in total. The summed E-state index contributed by atoms with van der Waals surface area (Å²) >= 11 is 0. The second kappa shape index (κ2) is 10.8. The number of aromatic nitrogens is 2. The van der Waals surface area contributed by atoms with Crippen LogP contribution in [0, 0.1) is 6.92 Å². The fourth-order valence-electron chi connectivity index (χ4n) is 3.61. The molecule has 1 aromatic heterocycles. The monoisotopic (exact) mass is 414 g/mol.